The molecule has 3 rings (SSSR count). The summed E-state index contributed by atoms with van der Waals surface area (Å²) in [5.41, 5.74) is 3.02. The lowest BCUT2D eigenvalue weighted by Crippen LogP contribution is -2.47. The Morgan fingerprint density at radius 2 is 1.67 bits per heavy atom. The van der Waals surface area contributed by atoms with Crippen molar-refractivity contribution in [3.05, 3.63) is 48.0 Å². The number of rotatable bonds is 11. The van der Waals surface area contributed by atoms with Gasteiger partial charge in [0.1, 0.15) is 11.1 Å². The molecule has 1 aliphatic rings. The molecule has 1 unspecified atom stereocenters. The van der Waals surface area contributed by atoms with Crippen molar-refractivity contribution in [2.45, 2.75) is 26.1 Å². The summed E-state index contributed by atoms with van der Waals surface area (Å²) in [5.74, 6) is 0.398. The first-order valence-corrected chi connectivity index (χ1v) is 13.0. The van der Waals surface area contributed by atoms with Crippen LogP contribution in [0.3, 0.4) is 0 Å². The summed E-state index contributed by atoms with van der Waals surface area (Å²) in [4.78, 5) is 32.2. The fraction of sp³-hybridized carbons (Fsp3) is 0.481. The predicted molar refractivity (Wildman–Crippen MR) is 148 cm³/mol. The van der Waals surface area contributed by atoms with Gasteiger partial charge in [0, 0.05) is 50.6 Å². The zero-order valence-electron chi connectivity index (χ0n) is 21.7. The van der Waals surface area contributed by atoms with Crippen LogP contribution in [-0.2, 0) is 4.79 Å². The number of ether oxygens (including phenoxy) is 1. The van der Waals surface area contributed by atoms with Crippen LogP contribution in [0.2, 0.25) is 0 Å². The van der Waals surface area contributed by atoms with Crippen LogP contribution in [0.25, 0.3) is 0 Å². The van der Waals surface area contributed by atoms with E-state index in [0.717, 1.165) is 62.9 Å². The Balaban J connectivity index is 1.77. The van der Waals surface area contributed by atoms with Gasteiger partial charge in [-0.05, 0) is 50.3 Å². The van der Waals surface area contributed by atoms with Crippen molar-refractivity contribution in [3.8, 4) is 5.75 Å². The number of para-hydroxylation sites is 2. The molecule has 1 aliphatic heterocycles. The molecule has 0 bridgehead atoms. The number of likely N-dealkylation sites (N-methyl/N-ethyl adjacent to an activating group) is 1. The molecule has 36 heavy (non-hydrogen) atoms. The van der Waals surface area contributed by atoms with Gasteiger partial charge < -0.3 is 30.1 Å². The van der Waals surface area contributed by atoms with Gasteiger partial charge in [-0.1, -0.05) is 26.0 Å². The van der Waals surface area contributed by atoms with Gasteiger partial charge >= 0.3 is 0 Å². The van der Waals surface area contributed by atoms with Crippen LogP contribution in [0.15, 0.2) is 42.5 Å². The Kier molecular flexibility index (Phi) is 10.3. The summed E-state index contributed by atoms with van der Waals surface area (Å²) in [6.07, 6.45) is 0. The highest BCUT2D eigenvalue weighted by Gasteiger charge is 2.24. The Morgan fingerprint density at radius 3 is 2.28 bits per heavy atom. The van der Waals surface area contributed by atoms with Crippen LogP contribution >= 0.6 is 11.6 Å². The number of benzene rings is 2. The summed E-state index contributed by atoms with van der Waals surface area (Å²) in [6.45, 7) is 12.1. The second-order valence-corrected chi connectivity index (χ2v) is 9.42. The summed E-state index contributed by atoms with van der Waals surface area (Å²) >= 11 is 5.93. The average Bonchev–Trinajstić information content (AvgIpc) is 2.91. The van der Waals surface area contributed by atoms with Gasteiger partial charge in [-0.2, -0.15) is 0 Å². The molecule has 9 heteroatoms. The zero-order valence-corrected chi connectivity index (χ0v) is 22.5. The smallest absolute Gasteiger partial charge is 0.253 e. The molecule has 1 heterocycles. The highest BCUT2D eigenvalue weighted by Crippen LogP contribution is 2.31. The number of hydrogen-bond acceptors (Lipinski definition) is 6. The first kappa shape index (κ1) is 27.6. The Morgan fingerprint density at radius 1 is 1.03 bits per heavy atom. The zero-order chi connectivity index (χ0) is 26.1. The van der Waals surface area contributed by atoms with E-state index in [0.29, 0.717) is 17.8 Å². The molecule has 2 aromatic rings. The minimum absolute atomic E-state index is 0.153. The number of hydrogen-bond donors (Lipinski definition) is 2. The second-order valence-electron chi connectivity index (χ2n) is 8.77. The largest absolute Gasteiger partial charge is 0.495 e. The van der Waals surface area contributed by atoms with Gasteiger partial charge in [0.05, 0.1) is 18.4 Å². The van der Waals surface area contributed by atoms with Crippen LogP contribution in [0.1, 0.15) is 31.1 Å². The molecule has 0 spiro atoms. The van der Waals surface area contributed by atoms with E-state index < -0.39 is 5.38 Å². The topological polar surface area (TPSA) is 77.2 Å². The number of carbonyl (C=O) groups excluding carboxylic acids is 2. The maximum Gasteiger partial charge on any atom is 0.253 e. The molecule has 196 valence electrons. The van der Waals surface area contributed by atoms with Gasteiger partial charge in [0.15, 0.2) is 0 Å². The van der Waals surface area contributed by atoms with Crippen LogP contribution in [0.5, 0.6) is 5.75 Å². The standard InChI is InChI=1S/C27H38ClN5O3/c1-5-31(6-2)14-13-29-27(35)22-19-21(30-26(34)20(3)28)11-12-23(22)32-15-17-33(18-16-32)24-9-7-8-10-25(24)36-4/h7-12,19-20H,5-6,13-18H2,1-4H3,(H,29,35)(H,30,34). The molecule has 0 aromatic heterocycles. The van der Waals surface area contributed by atoms with Crippen molar-refractivity contribution >= 4 is 40.5 Å². The number of carbonyl (C=O) groups is 2. The van der Waals surface area contributed by atoms with Crippen molar-refractivity contribution in [2.75, 3.05) is 74.6 Å². The van der Waals surface area contributed by atoms with Gasteiger partial charge in [0.25, 0.3) is 5.91 Å². The van der Waals surface area contributed by atoms with Crippen LogP contribution in [0, 0.1) is 0 Å². The first-order valence-electron chi connectivity index (χ1n) is 12.6. The lowest BCUT2D eigenvalue weighted by Gasteiger charge is -2.38. The molecule has 8 nitrogen and oxygen atoms in total. The molecular weight excluding hydrogens is 478 g/mol. The van der Waals surface area contributed by atoms with E-state index in [4.69, 9.17) is 16.3 Å². The van der Waals surface area contributed by atoms with E-state index in [1.165, 1.54) is 0 Å². The Bertz CT molecular complexity index is 1020. The highest BCUT2D eigenvalue weighted by molar-refractivity contribution is 6.32. The van der Waals surface area contributed by atoms with Gasteiger partial charge in [-0.15, -0.1) is 11.6 Å². The summed E-state index contributed by atoms with van der Waals surface area (Å²) in [7, 11) is 1.69. The van der Waals surface area contributed by atoms with Gasteiger partial charge in [0.2, 0.25) is 5.91 Å². The maximum absolute atomic E-state index is 13.3. The summed E-state index contributed by atoms with van der Waals surface area (Å²) < 4.78 is 5.54. The van der Waals surface area contributed by atoms with Crippen LogP contribution in [0.4, 0.5) is 17.1 Å². The first-order chi connectivity index (χ1) is 17.4. The fourth-order valence-electron chi connectivity index (χ4n) is 4.36. The average molecular weight is 516 g/mol. The normalized spacial score (nSPS) is 14.5. The Hall–Kier alpha value is -2.97. The van der Waals surface area contributed by atoms with E-state index in [1.807, 2.05) is 30.3 Å². The molecule has 1 saturated heterocycles. The van der Waals surface area contributed by atoms with Crippen LogP contribution in [-0.4, -0.2) is 81.6 Å². The number of methoxy groups -OCH3 is 1. The number of nitrogens with one attached hydrogen (secondary N) is 2. The van der Waals surface area contributed by atoms with Crippen molar-refractivity contribution < 1.29 is 14.3 Å². The third-order valence-corrected chi connectivity index (χ3v) is 6.72. The molecular formula is C27H38ClN5O3. The maximum atomic E-state index is 13.3. The molecule has 2 aromatic carbocycles. The third kappa shape index (κ3) is 7.04. The van der Waals surface area contributed by atoms with Crippen LogP contribution < -0.4 is 25.2 Å². The minimum atomic E-state index is -0.668. The van der Waals surface area contributed by atoms with E-state index in [2.05, 4.69) is 45.2 Å². The quantitative estimate of drug-likeness (QED) is 0.445. The minimum Gasteiger partial charge on any atom is -0.495 e. The van der Waals surface area contributed by atoms with Crippen molar-refractivity contribution in [1.29, 1.82) is 0 Å². The Labute approximate surface area is 219 Å². The molecule has 0 saturated carbocycles. The van der Waals surface area contributed by atoms with Crippen molar-refractivity contribution in [3.63, 3.8) is 0 Å². The fourth-order valence-corrected chi connectivity index (χ4v) is 4.41. The summed E-state index contributed by atoms with van der Waals surface area (Å²) in [6, 6.07) is 13.5. The van der Waals surface area contributed by atoms with Gasteiger partial charge in [-0.25, -0.2) is 0 Å². The third-order valence-electron chi connectivity index (χ3n) is 6.52. The predicted octanol–water partition coefficient (Wildman–Crippen LogP) is 3.66. The second kappa shape index (κ2) is 13.4. The molecule has 1 atom stereocenters. The number of halogens is 1. The highest BCUT2D eigenvalue weighted by atomic mass is 35.5. The van der Waals surface area contributed by atoms with E-state index in [-0.39, 0.29) is 11.8 Å². The number of amides is 2. The molecule has 1 fully saturated rings. The number of nitrogens with zero attached hydrogens (tertiary/aromatic N) is 3. The monoisotopic (exact) mass is 515 g/mol. The van der Waals surface area contributed by atoms with Crippen molar-refractivity contribution in [2.24, 2.45) is 0 Å². The molecule has 0 radical (unpaired) electrons. The lowest BCUT2D eigenvalue weighted by atomic mass is 10.1. The van der Waals surface area contributed by atoms with E-state index >= 15 is 0 Å². The molecule has 2 N–H and O–H groups in total. The number of piperazine rings is 1. The number of alkyl halides is 1. The lowest BCUT2D eigenvalue weighted by molar-refractivity contribution is -0.115. The van der Waals surface area contributed by atoms with Gasteiger partial charge in [-0.3, -0.25) is 9.59 Å². The van der Waals surface area contributed by atoms with Crippen molar-refractivity contribution in [1.82, 2.24) is 10.2 Å². The number of anilines is 3. The molecule has 2 amide bonds. The summed E-state index contributed by atoms with van der Waals surface area (Å²) in [5, 5.41) is 5.19. The van der Waals surface area contributed by atoms with E-state index in [9.17, 15) is 9.59 Å². The van der Waals surface area contributed by atoms with E-state index in [1.54, 1.807) is 20.1 Å². The SMILES string of the molecule is CCN(CC)CCNC(=O)c1cc(NC(=O)C(C)Cl)ccc1N1CCN(c2ccccc2OC)CC1. The molecule has 0 aliphatic carbocycles.